The van der Waals surface area contributed by atoms with Gasteiger partial charge in [0.2, 0.25) is 0 Å². The summed E-state index contributed by atoms with van der Waals surface area (Å²) in [5.74, 6) is 0.622. The molecule has 0 saturated heterocycles. The van der Waals surface area contributed by atoms with Crippen LogP contribution in [0.25, 0.3) is 0 Å². The molecule has 0 aliphatic heterocycles. The van der Waals surface area contributed by atoms with Crippen LogP contribution in [0.1, 0.15) is 121 Å². The Balaban J connectivity index is 0. The molecular weight excluding hydrogens is 555 g/mol. The Morgan fingerprint density at radius 3 is 1.68 bits per heavy atom. The van der Waals surface area contributed by atoms with Crippen LogP contribution in [0.2, 0.25) is 18.1 Å². The Morgan fingerprint density at radius 2 is 1.32 bits per heavy atom. The maximum absolute atomic E-state index is 13.8. The van der Waals surface area contributed by atoms with Crippen molar-refractivity contribution in [3.8, 4) is 0 Å². The number of carbonyl (C=O) groups is 1. The van der Waals surface area contributed by atoms with Gasteiger partial charge in [-0.2, -0.15) is 0 Å². The maximum atomic E-state index is 13.8. The third kappa shape index (κ3) is 13.6. The fourth-order valence-corrected chi connectivity index (χ4v) is 11.9. The summed E-state index contributed by atoms with van der Waals surface area (Å²) in [6.45, 7) is 29.6. The molecule has 5 heteroatoms. The molecule has 0 bridgehead atoms. The molecular formula is C32H66BrO2PSi. The summed E-state index contributed by atoms with van der Waals surface area (Å²) < 4.78 is 6.91. The van der Waals surface area contributed by atoms with Gasteiger partial charge in [0.25, 0.3) is 0 Å². The largest absolute Gasteiger partial charge is 1.00 e. The van der Waals surface area contributed by atoms with E-state index in [4.69, 9.17) is 4.43 Å². The molecule has 0 spiro atoms. The second-order valence-corrected chi connectivity index (χ2v) is 22.5. The average molecular weight is 622 g/mol. The first-order valence-electron chi connectivity index (χ1n) is 15.3. The van der Waals surface area contributed by atoms with Gasteiger partial charge >= 0.3 is 0 Å². The van der Waals surface area contributed by atoms with Crippen LogP contribution in [-0.4, -0.2) is 44.9 Å². The molecule has 0 aromatic carbocycles. The first kappa shape index (κ1) is 39.6. The minimum Gasteiger partial charge on any atom is -1.00 e. The molecule has 0 amide bonds. The van der Waals surface area contributed by atoms with Crippen molar-refractivity contribution in [1.82, 2.24) is 0 Å². The van der Waals surface area contributed by atoms with E-state index in [0.717, 1.165) is 6.42 Å². The topological polar surface area (TPSA) is 26.3 Å². The molecule has 0 saturated carbocycles. The lowest BCUT2D eigenvalue weighted by Gasteiger charge is -2.42. The average Bonchev–Trinajstić information content (AvgIpc) is 2.80. The summed E-state index contributed by atoms with van der Waals surface area (Å²) in [7, 11) is -2.95. The smallest absolute Gasteiger partial charge is 0.192 e. The minimum atomic E-state index is -1.96. The number of rotatable bonds is 19. The van der Waals surface area contributed by atoms with Crippen LogP contribution in [0.5, 0.6) is 0 Å². The summed E-state index contributed by atoms with van der Waals surface area (Å²) >= 11 is 0. The molecule has 0 unspecified atom stereocenters. The zero-order chi connectivity index (χ0) is 28.2. The number of unbranched alkanes of at least 4 members (excludes halogenated alkanes) is 3. The highest BCUT2D eigenvalue weighted by atomic mass is 79.9. The second kappa shape index (κ2) is 18.8. The van der Waals surface area contributed by atoms with Crippen molar-refractivity contribution in [2.24, 2.45) is 17.8 Å². The molecule has 2 nitrogen and oxygen atoms in total. The number of hydrogen-bond donors (Lipinski definition) is 0. The van der Waals surface area contributed by atoms with Crippen LogP contribution in [0.15, 0.2) is 11.6 Å². The van der Waals surface area contributed by atoms with Gasteiger partial charge in [-0.1, -0.05) is 101 Å². The minimum absolute atomic E-state index is 0. The molecule has 0 heterocycles. The highest BCUT2D eigenvalue weighted by Crippen LogP contribution is 2.61. The van der Waals surface area contributed by atoms with E-state index in [-0.39, 0.29) is 40.0 Å². The monoisotopic (exact) mass is 620 g/mol. The van der Waals surface area contributed by atoms with Gasteiger partial charge in [-0.15, -0.1) is 0 Å². The van der Waals surface area contributed by atoms with Crippen LogP contribution >= 0.6 is 7.26 Å². The zero-order valence-corrected chi connectivity index (χ0v) is 30.8. The summed E-state index contributed by atoms with van der Waals surface area (Å²) in [5, 5.41) is 0.145. The van der Waals surface area contributed by atoms with Crippen LogP contribution < -0.4 is 17.0 Å². The lowest BCUT2D eigenvalue weighted by atomic mass is 9.84. The molecule has 0 aliphatic rings. The molecule has 0 rings (SSSR count). The SMILES string of the molecule is CCCC[P+](CCCC)(CCCC)C/C(C)=C/[C@@H](C)C(=O)[C@@H](C)[C@H](O[Si](C)(C)C(C)(C)C)[C@@H](C)CC.[Br-]. The maximum Gasteiger partial charge on any atom is 0.192 e. The first-order chi connectivity index (χ1) is 16.6. The van der Waals surface area contributed by atoms with Crippen molar-refractivity contribution in [1.29, 1.82) is 0 Å². The van der Waals surface area contributed by atoms with Gasteiger partial charge in [0.1, 0.15) is 5.78 Å². The van der Waals surface area contributed by atoms with Gasteiger partial charge in [0, 0.05) is 19.1 Å². The van der Waals surface area contributed by atoms with Crippen LogP contribution in [0.3, 0.4) is 0 Å². The van der Waals surface area contributed by atoms with Crippen LogP contribution in [0.4, 0.5) is 0 Å². The van der Waals surface area contributed by atoms with Gasteiger partial charge in [0.15, 0.2) is 8.32 Å². The Morgan fingerprint density at radius 1 is 0.892 bits per heavy atom. The number of Topliss-reactive ketones (excluding diaryl/α,β-unsaturated/α-hetero) is 1. The molecule has 0 fully saturated rings. The summed E-state index contributed by atoms with van der Waals surface area (Å²) in [6.07, 6.45) is 16.9. The fourth-order valence-electron chi connectivity index (χ4n) is 5.18. The predicted octanol–water partition coefficient (Wildman–Crippen LogP) is 7.63. The highest BCUT2D eigenvalue weighted by molar-refractivity contribution is 7.76. The summed E-state index contributed by atoms with van der Waals surface area (Å²) in [4.78, 5) is 13.8. The van der Waals surface area contributed by atoms with Gasteiger partial charge in [-0.05, 0) is 55.8 Å². The van der Waals surface area contributed by atoms with Gasteiger partial charge < -0.3 is 21.4 Å². The van der Waals surface area contributed by atoms with E-state index in [2.05, 4.69) is 95.3 Å². The Labute approximate surface area is 246 Å². The summed E-state index contributed by atoms with van der Waals surface area (Å²) in [6, 6.07) is 0. The van der Waals surface area contributed by atoms with Crippen molar-refractivity contribution in [2.75, 3.05) is 24.6 Å². The van der Waals surface area contributed by atoms with Gasteiger partial charge in [0.05, 0.1) is 30.8 Å². The molecule has 0 aromatic heterocycles. The number of carbonyl (C=O) groups excluding carboxylic acids is 1. The first-order valence-corrected chi connectivity index (χ1v) is 20.8. The van der Waals surface area contributed by atoms with Crippen LogP contribution in [-0.2, 0) is 9.22 Å². The Bertz CT molecular complexity index is 634. The van der Waals surface area contributed by atoms with E-state index in [1.165, 1.54) is 68.7 Å². The standard InChI is InChI=1S/C32H66O2PSi.BrH/c1-14-18-21-35(22-19-15-2,23-20-16-3)25-26(5)24-28(7)30(33)29(8)31(27(6)17-4)34-36(12,13)32(9,10)11;/h24,27-29,31H,14-23,25H2,1-13H3;1H/q+1;/p-1/b26-24+;/t27-,28+,29+,31+;/m0./s1. The second-order valence-electron chi connectivity index (χ2n) is 13.5. The molecule has 37 heavy (non-hydrogen) atoms. The Hall–Kier alpha value is 0.497. The van der Waals surface area contributed by atoms with Crippen molar-refractivity contribution >= 4 is 21.4 Å². The van der Waals surface area contributed by atoms with E-state index in [1.807, 2.05) is 0 Å². The van der Waals surface area contributed by atoms with E-state index in [1.54, 1.807) is 0 Å². The molecule has 0 radical (unpaired) electrons. The van der Waals surface area contributed by atoms with Crippen molar-refractivity contribution in [3.63, 3.8) is 0 Å². The molecule has 0 aliphatic carbocycles. The van der Waals surface area contributed by atoms with E-state index < -0.39 is 15.6 Å². The molecule has 222 valence electrons. The molecule has 0 aromatic rings. The van der Waals surface area contributed by atoms with E-state index in [0.29, 0.717) is 11.7 Å². The van der Waals surface area contributed by atoms with Gasteiger partial charge in [-0.3, -0.25) is 4.79 Å². The third-order valence-electron chi connectivity index (χ3n) is 8.91. The van der Waals surface area contributed by atoms with Gasteiger partial charge in [-0.25, -0.2) is 0 Å². The van der Waals surface area contributed by atoms with E-state index in [9.17, 15) is 4.79 Å². The van der Waals surface area contributed by atoms with Crippen molar-refractivity contribution in [3.05, 3.63) is 11.6 Å². The number of halogens is 1. The quantitative estimate of drug-likeness (QED) is 0.0842. The lowest BCUT2D eigenvalue weighted by Crippen LogP contribution is -3.00. The van der Waals surface area contributed by atoms with Crippen LogP contribution in [0, 0.1) is 17.8 Å². The van der Waals surface area contributed by atoms with E-state index >= 15 is 0 Å². The number of hydrogen-bond acceptors (Lipinski definition) is 2. The zero-order valence-electron chi connectivity index (χ0n) is 27.3. The normalized spacial score (nSPS) is 16.6. The lowest BCUT2D eigenvalue weighted by molar-refractivity contribution is -0.128. The van der Waals surface area contributed by atoms with Crippen molar-refractivity contribution < 1.29 is 26.2 Å². The predicted molar refractivity (Wildman–Crippen MR) is 170 cm³/mol. The third-order valence-corrected chi connectivity index (χ3v) is 18.3. The number of allylic oxidation sites excluding steroid dienone is 2. The molecule has 4 atom stereocenters. The highest BCUT2D eigenvalue weighted by Gasteiger charge is 2.43. The molecule has 0 N–H and O–H groups in total. The number of ketones is 1. The van der Waals surface area contributed by atoms with Crippen molar-refractivity contribution in [2.45, 2.75) is 145 Å². The fraction of sp³-hybridized carbons (Fsp3) is 0.906. The Kier molecular flexibility index (Phi) is 20.1. The summed E-state index contributed by atoms with van der Waals surface area (Å²) in [5.41, 5.74) is 1.46.